The van der Waals surface area contributed by atoms with Gasteiger partial charge in [0.15, 0.2) is 5.84 Å². The summed E-state index contributed by atoms with van der Waals surface area (Å²) in [6.07, 6.45) is -2.03. The van der Waals surface area contributed by atoms with Crippen LogP contribution >= 0.6 is 0 Å². The fraction of sp³-hybridized carbons (Fsp3) is 0.541. The number of nitrogens with one attached hydrogen (secondary N) is 11. The smallest absolute Gasteiger partial charge is 0.305 e. The molecule has 45 nitrogen and oxygen atoms in total. The van der Waals surface area contributed by atoms with Gasteiger partial charge in [0.25, 0.3) is 0 Å². The first-order valence-electron chi connectivity index (χ1n) is 47.5. The van der Waals surface area contributed by atoms with E-state index in [1.165, 1.54) is 49.2 Å². The number of hydrazine groups is 1. The molecule has 0 saturated heterocycles. The summed E-state index contributed by atoms with van der Waals surface area (Å²) >= 11 is 0. The van der Waals surface area contributed by atoms with Crippen LogP contribution in [0.15, 0.2) is 131 Å². The number of carboxylic acids is 1. The van der Waals surface area contributed by atoms with Gasteiger partial charge in [0, 0.05) is 44.5 Å². The molecule has 46 heteroatoms. The topological polar surface area (TPSA) is 691 Å². The highest BCUT2D eigenvalue weighted by Gasteiger charge is 2.43. The zero-order chi connectivity index (χ0) is 106. The summed E-state index contributed by atoms with van der Waals surface area (Å²) in [4.78, 5) is 168. The lowest BCUT2D eigenvalue weighted by molar-refractivity contribution is -0.142. The van der Waals surface area contributed by atoms with E-state index in [1.807, 2.05) is 57.2 Å². The molecule has 0 saturated carbocycles. The fourth-order valence-electron chi connectivity index (χ4n) is 14.5. The first kappa shape index (κ1) is 122. The second-order valence-corrected chi connectivity index (χ2v) is 35.1. The summed E-state index contributed by atoms with van der Waals surface area (Å²) in [6.45, 7) is 18.8. The SMILES string of the molecule is CCc1cc(OCCCCN(N)/C=C(\N)COCCOCCOCCOCCOCCOCCOCCOCCN)ccc1-c1ccc(C[C@H](NC(=O)[C@H](CC(=O)O)NC(=O)[C@H](CO)NC(=O)[C@@H](NC(=O)[C@](C)(Cc2ccccc2F)NC(=O)[C@@H](NC(=O)CNC(=O)[C@H](C/C(N=N)=N/N)NC(=O)C(C)(C)NC(=O)[C@@H](C)Cc2ccc(O)cc2)[C@@H](C)O)[C@@H](C)O)C(=O)N[C@@H](CCCc2cc(C)cc(C)c2)C(N)=O)cc1. The average molecular weight is 2030 g/mol. The highest BCUT2D eigenvalue weighted by Crippen LogP contribution is 2.30. The minimum Gasteiger partial charge on any atom is -0.508 e. The van der Waals surface area contributed by atoms with Gasteiger partial charge < -0.3 is 149 Å². The lowest BCUT2D eigenvalue weighted by atomic mass is 9.90. The van der Waals surface area contributed by atoms with Gasteiger partial charge in [-0.15, -0.1) is 5.11 Å². The molecule has 0 aliphatic carbocycles. The number of amidine groups is 1. The van der Waals surface area contributed by atoms with Gasteiger partial charge in [-0.05, 0) is 163 Å². The molecule has 0 radical (unpaired) electrons. The Hall–Kier alpha value is -12.8. The molecule has 5 rings (SSSR count). The van der Waals surface area contributed by atoms with Crippen molar-refractivity contribution in [2.45, 2.75) is 199 Å². The predicted octanol–water partition coefficient (Wildman–Crippen LogP) is -0.0226. The van der Waals surface area contributed by atoms with Crippen molar-refractivity contribution < 1.29 is 130 Å². The normalized spacial score (nSPS) is 14.2. The number of rotatable bonds is 72. The van der Waals surface area contributed by atoms with E-state index in [4.69, 9.17) is 77.0 Å². The molecular weight excluding hydrogens is 1880 g/mol. The first-order valence-corrected chi connectivity index (χ1v) is 47.5. The molecule has 0 aromatic heterocycles. The molecule has 0 aliphatic heterocycles. The van der Waals surface area contributed by atoms with Crippen LogP contribution in [0, 0.1) is 31.1 Å². The van der Waals surface area contributed by atoms with Crippen molar-refractivity contribution in [3.8, 4) is 22.6 Å². The van der Waals surface area contributed by atoms with E-state index >= 15 is 4.39 Å². The maximum atomic E-state index is 15.6. The Bertz CT molecular complexity index is 4940. The van der Waals surface area contributed by atoms with Gasteiger partial charge in [-0.1, -0.05) is 104 Å². The number of ether oxygens (including phenoxy) is 9. The van der Waals surface area contributed by atoms with E-state index in [-0.39, 0.29) is 37.2 Å². The highest BCUT2D eigenvalue weighted by atomic mass is 19.1. The molecule has 0 unspecified atom stereocenters. The number of primary amides is 1. The molecule has 11 amide bonds. The molecule has 0 spiro atoms. The van der Waals surface area contributed by atoms with Crippen molar-refractivity contribution in [3.63, 3.8) is 0 Å². The maximum Gasteiger partial charge on any atom is 0.305 e. The standard InChI is InChI=1S/C98H146FN19O26/c1-10-69-53-74(144-32-14-13-31-118(105)58-72(101)60-143-47-46-142-45-44-141-43-42-140-41-40-139-39-38-138-37-36-137-35-34-136-33-30-100)28-29-75(69)70-24-20-67(21-25-70)52-78(90(129)107-77(87(102)126)19-15-16-68-49-61(2)48-62(3)50-68)108-91(130)80(55-84(124)125)109-92(131)81(59-119)110-93(132)85(64(5)120)113-96(135)98(9,56-71-17-11-12-18-76(71)99)115-94(133)86(65(6)121)112-83(123)57-106-89(128)79(54-82(116-103)117-104)111-95(134)97(7,8)114-88(127)63(4)51-66-22-26-73(122)27-23-66/h11-12,17-18,20-29,48-50,53,58,63-65,77-81,85-86,103,119-122H,10,13-16,19,30-47,51-52,54-57,59-60,100-101,104-105H2,1-9H3,(H2,102,126)(H,106,128)(H,107,129)(H,108,130)(H,109,131)(H,110,132)(H,111,134)(H,112,123)(H,113,135)(H,114,127)(H,115,133)(H,124,125)/b72-58-,116-103?,117-82-/t63-,64+,65+,77-,78-,79-,80-,81-,85-,86-,98-/m0/s1. The van der Waals surface area contributed by atoms with Gasteiger partial charge in [0.05, 0.1) is 150 Å². The van der Waals surface area contributed by atoms with Crippen molar-refractivity contribution in [2.24, 2.45) is 45.0 Å². The van der Waals surface area contributed by atoms with Gasteiger partial charge in [-0.25, -0.2) is 15.8 Å². The molecule has 144 heavy (non-hydrogen) atoms. The van der Waals surface area contributed by atoms with Crippen LogP contribution in [0.2, 0.25) is 0 Å². The summed E-state index contributed by atoms with van der Waals surface area (Å²) in [6, 6.07) is 16.6. The number of aliphatic hydroxyl groups excluding tert-OH is 3. The quantitative estimate of drug-likeness (QED) is 0.00607. The van der Waals surface area contributed by atoms with Crippen LogP contribution in [-0.4, -0.2) is 311 Å². The average Bonchev–Trinajstić information content (AvgIpc) is 0.796. The van der Waals surface area contributed by atoms with E-state index in [2.05, 4.69) is 63.4 Å². The number of hydrogen-bond donors (Lipinski definition) is 21. The number of nitrogens with zero attached hydrogens (tertiary/aromatic N) is 3. The number of phenols is 1. The van der Waals surface area contributed by atoms with E-state index < -0.39 is 187 Å². The van der Waals surface area contributed by atoms with Gasteiger partial charge in [0.1, 0.15) is 70.7 Å². The number of hydrogen-bond acceptors (Lipinski definition) is 32. The number of hydrazone groups is 1. The summed E-state index contributed by atoms with van der Waals surface area (Å²) in [5.41, 5.74) is 27.6. The van der Waals surface area contributed by atoms with Crippen molar-refractivity contribution in [1.82, 2.24) is 58.2 Å². The van der Waals surface area contributed by atoms with Gasteiger partial charge in [-0.3, -0.25) is 57.5 Å². The Morgan fingerprint density at radius 2 is 1.06 bits per heavy atom. The monoisotopic (exact) mass is 2020 g/mol. The first-order chi connectivity index (χ1) is 68.6. The molecule has 0 bridgehead atoms. The lowest BCUT2D eigenvalue weighted by Crippen LogP contribution is -2.67. The number of aromatic hydroxyl groups is 1. The third-order valence-corrected chi connectivity index (χ3v) is 22.2. The minimum atomic E-state index is -2.45. The molecule has 5 aromatic rings. The van der Waals surface area contributed by atoms with Crippen molar-refractivity contribution in [3.05, 3.63) is 166 Å². The zero-order valence-corrected chi connectivity index (χ0v) is 83.3. The Labute approximate surface area is 837 Å². The number of aryl methyl sites for hydroxylation is 4. The fourth-order valence-corrected chi connectivity index (χ4v) is 14.5. The lowest BCUT2D eigenvalue weighted by Gasteiger charge is -2.34. The molecule has 5 aromatic carbocycles. The van der Waals surface area contributed by atoms with Gasteiger partial charge >= 0.3 is 5.97 Å². The van der Waals surface area contributed by atoms with Crippen molar-refractivity contribution in [1.29, 1.82) is 5.53 Å². The Kier molecular flexibility index (Phi) is 55.3. The van der Waals surface area contributed by atoms with Crippen LogP contribution in [0.1, 0.15) is 126 Å². The number of nitrogens with two attached hydrogens (primary N) is 5. The number of halogens is 1. The maximum absolute atomic E-state index is 15.6. The molecule has 26 N–H and O–H groups in total. The second-order valence-electron chi connectivity index (χ2n) is 35.1. The zero-order valence-electron chi connectivity index (χ0n) is 83.3. The number of aliphatic carboxylic acids is 1. The molecule has 0 heterocycles. The van der Waals surface area contributed by atoms with Crippen LogP contribution < -0.4 is 86.8 Å². The minimum absolute atomic E-state index is 0.0123. The Balaban J connectivity index is 1.21. The Morgan fingerprint density at radius 1 is 0.542 bits per heavy atom. The number of carbonyl (C=O) groups is 12. The van der Waals surface area contributed by atoms with Gasteiger partial charge in [-0.2, -0.15) is 5.10 Å². The predicted molar refractivity (Wildman–Crippen MR) is 527 cm³/mol. The molecular formula is C98H146FN19O26. The summed E-state index contributed by atoms with van der Waals surface area (Å²) in [5, 5.41) is 84.4. The van der Waals surface area contributed by atoms with Crippen molar-refractivity contribution in [2.75, 3.05) is 139 Å². The third-order valence-electron chi connectivity index (χ3n) is 22.2. The molecule has 796 valence electrons. The molecule has 11 atom stereocenters. The van der Waals surface area contributed by atoms with Crippen LogP contribution in [-0.2, 0) is 128 Å². The second kappa shape index (κ2) is 65.4. The number of unbranched alkanes of at least 4 members (excludes halogenated alkanes) is 1. The number of aliphatic hydroxyl groups is 3. The van der Waals surface area contributed by atoms with Crippen LogP contribution in [0.3, 0.4) is 0 Å². The van der Waals surface area contributed by atoms with E-state index in [0.717, 1.165) is 60.2 Å². The third kappa shape index (κ3) is 45.8. The van der Waals surface area contributed by atoms with Gasteiger partial charge in [0.2, 0.25) is 65.0 Å². The van der Waals surface area contributed by atoms with Crippen molar-refractivity contribution >= 4 is 76.8 Å². The van der Waals surface area contributed by atoms with Crippen LogP contribution in [0.5, 0.6) is 11.5 Å². The summed E-state index contributed by atoms with van der Waals surface area (Å²) in [5.74, 6) is -3.99. The largest absolute Gasteiger partial charge is 0.508 e. The number of carboxylic acid groups (broad SMARTS) is 1. The highest BCUT2D eigenvalue weighted by molar-refractivity contribution is 6.01. The number of benzene rings is 5. The number of phenolic OH excluding ortho intramolecular Hbond substituents is 1. The summed E-state index contributed by atoms with van der Waals surface area (Å²) in [7, 11) is 0. The Morgan fingerprint density at radius 3 is 1.60 bits per heavy atom. The van der Waals surface area contributed by atoms with E-state index in [9.17, 15) is 83.1 Å². The molecule has 0 fully saturated rings. The number of carbonyl (C=O) groups excluding carboxylic acids is 11. The number of amides is 11. The van der Waals surface area contributed by atoms with E-state index in [1.54, 1.807) is 49.5 Å². The van der Waals surface area contributed by atoms with Crippen LogP contribution in [0.4, 0.5) is 4.39 Å². The molecule has 0 aliphatic rings. The van der Waals surface area contributed by atoms with E-state index in [0.29, 0.717) is 173 Å². The summed E-state index contributed by atoms with van der Waals surface area (Å²) < 4.78 is 65.7. The van der Waals surface area contributed by atoms with Crippen LogP contribution in [0.25, 0.3) is 11.1 Å².